The van der Waals surface area contributed by atoms with Gasteiger partial charge in [0.25, 0.3) is 0 Å². The Hall–Kier alpha value is -3.86. The molecule has 0 spiro atoms. The lowest BCUT2D eigenvalue weighted by Crippen LogP contribution is -1.98. The number of aromatic nitrogens is 4. The number of fused-ring (bicyclic) bond motifs is 1. The number of para-hydroxylation sites is 2. The highest BCUT2D eigenvalue weighted by Crippen LogP contribution is 2.29. The average Bonchev–Trinajstić information content (AvgIpc) is 3.45. The third-order valence-corrected chi connectivity index (χ3v) is 5.13. The molecule has 0 N–H and O–H groups in total. The molecule has 5 nitrogen and oxygen atoms in total. The first kappa shape index (κ1) is 17.3. The van der Waals surface area contributed by atoms with E-state index in [0.717, 1.165) is 40.1 Å². The van der Waals surface area contributed by atoms with Crippen molar-refractivity contribution in [3.8, 4) is 22.6 Å². The quantitative estimate of drug-likeness (QED) is 0.434. The molecule has 0 aliphatic carbocycles. The van der Waals surface area contributed by atoms with Crippen molar-refractivity contribution in [2.45, 2.75) is 6.54 Å². The Labute approximate surface area is 168 Å². The van der Waals surface area contributed by atoms with E-state index in [4.69, 9.17) is 4.74 Å². The van der Waals surface area contributed by atoms with Crippen LogP contribution in [0, 0.1) is 0 Å². The monoisotopic (exact) mass is 380 g/mol. The summed E-state index contributed by atoms with van der Waals surface area (Å²) < 4.78 is 9.65. The van der Waals surface area contributed by atoms with Crippen LogP contribution in [0.4, 0.5) is 0 Å². The van der Waals surface area contributed by atoms with Gasteiger partial charge in [-0.15, -0.1) is 0 Å². The Balaban J connectivity index is 1.44. The van der Waals surface area contributed by atoms with Crippen LogP contribution in [0.3, 0.4) is 0 Å². The number of hydrogen-bond acceptors (Lipinski definition) is 3. The molecule has 0 aliphatic heterocycles. The van der Waals surface area contributed by atoms with Gasteiger partial charge in [0, 0.05) is 18.9 Å². The van der Waals surface area contributed by atoms with E-state index in [0.29, 0.717) is 0 Å². The molecule has 0 atom stereocenters. The molecule has 0 radical (unpaired) electrons. The largest absolute Gasteiger partial charge is 0.495 e. The first-order valence-corrected chi connectivity index (χ1v) is 9.47. The van der Waals surface area contributed by atoms with Gasteiger partial charge in [0.05, 0.1) is 36.5 Å². The van der Waals surface area contributed by atoms with E-state index in [9.17, 15) is 0 Å². The summed E-state index contributed by atoms with van der Waals surface area (Å²) >= 11 is 0. The molecule has 2 heterocycles. The van der Waals surface area contributed by atoms with E-state index < -0.39 is 0 Å². The number of rotatable bonds is 5. The normalized spacial score (nSPS) is 11.1. The van der Waals surface area contributed by atoms with Gasteiger partial charge in [-0.05, 0) is 41.0 Å². The van der Waals surface area contributed by atoms with Gasteiger partial charge in [-0.1, -0.05) is 42.5 Å². The van der Waals surface area contributed by atoms with Crippen LogP contribution in [0.5, 0.6) is 5.75 Å². The molecule has 0 unspecified atom stereocenters. The molecule has 3 aromatic carbocycles. The maximum atomic E-state index is 5.52. The minimum Gasteiger partial charge on any atom is -0.495 e. The van der Waals surface area contributed by atoms with Crippen LogP contribution in [-0.4, -0.2) is 26.2 Å². The fourth-order valence-corrected chi connectivity index (χ4v) is 3.61. The van der Waals surface area contributed by atoms with Crippen molar-refractivity contribution in [2.75, 3.05) is 7.11 Å². The number of benzene rings is 3. The van der Waals surface area contributed by atoms with Gasteiger partial charge < -0.3 is 13.9 Å². The molecular formula is C24H20N4O. The molecule has 0 bridgehead atoms. The number of nitrogens with zero attached hydrogens (tertiary/aromatic N) is 4. The van der Waals surface area contributed by atoms with E-state index in [1.165, 1.54) is 5.56 Å². The van der Waals surface area contributed by atoms with Crippen molar-refractivity contribution in [2.24, 2.45) is 0 Å². The Morgan fingerprint density at radius 2 is 1.72 bits per heavy atom. The second-order valence-electron chi connectivity index (χ2n) is 6.91. The molecule has 0 saturated carbocycles. The summed E-state index contributed by atoms with van der Waals surface area (Å²) in [7, 11) is 1.68. The molecule has 0 saturated heterocycles. The van der Waals surface area contributed by atoms with Crippen LogP contribution in [-0.2, 0) is 6.54 Å². The molecule has 29 heavy (non-hydrogen) atoms. The Morgan fingerprint density at radius 1 is 0.897 bits per heavy atom. The summed E-state index contributed by atoms with van der Waals surface area (Å²) in [6.07, 6.45) is 7.36. The van der Waals surface area contributed by atoms with Crippen LogP contribution in [0.25, 0.3) is 27.8 Å². The predicted molar refractivity (Wildman–Crippen MR) is 114 cm³/mol. The maximum Gasteiger partial charge on any atom is 0.142 e. The van der Waals surface area contributed by atoms with Crippen LogP contribution in [0.15, 0.2) is 91.8 Å². The van der Waals surface area contributed by atoms with Crippen LogP contribution in [0.2, 0.25) is 0 Å². The van der Waals surface area contributed by atoms with Crippen molar-refractivity contribution in [3.05, 3.63) is 97.3 Å². The van der Waals surface area contributed by atoms with Crippen molar-refractivity contribution in [1.29, 1.82) is 0 Å². The summed E-state index contributed by atoms with van der Waals surface area (Å²) in [5.41, 5.74) is 6.67. The molecule has 0 aliphatic rings. The van der Waals surface area contributed by atoms with E-state index in [1.807, 2.05) is 41.4 Å². The molecule has 2 aromatic heterocycles. The van der Waals surface area contributed by atoms with Crippen molar-refractivity contribution in [1.82, 2.24) is 19.1 Å². The van der Waals surface area contributed by atoms with Crippen molar-refractivity contribution in [3.63, 3.8) is 0 Å². The minimum atomic E-state index is 0.795. The smallest absolute Gasteiger partial charge is 0.142 e. The topological polar surface area (TPSA) is 44.9 Å². The molecule has 0 amide bonds. The predicted octanol–water partition coefficient (Wildman–Crippen LogP) is 4.95. The number of methoxy groups -OCH3 is 1. The number of imidazole rings is 2. The number of hydrogen-bond donors (Lipinski definition) is 0. The van der Waals surface area contributed by atoms with Gasteiger partial charge in [-0.25, -0.2) is 9.97 Å². The third kappa shape index (κ3) is 3.27. The second-order valence-corrected chi connectivity index (χ2v) is 6.91. The highest BCUT2D eigenvalue weighted by Gasteiger charge is 2.08. The Kier molecular flexibility index (Phi) is 4.33. The lowest BCUT2D eigenvalue weighted by molar-refractivity contribution is 0.413. The summed E-state index contributed by atoms with van der Waals surface area (Å²) in [4.78, 5) is 8.62. The molecule has 5 rings (SSSR count). The molecular weight excluding hydrogens is 360 g/mol. The van der Waals surface area contributed by atoms with Crippen LogP contribution in [0.1, 0.15) is 5.56 Å². The van der Waals surface area contributed by atoms with Gasteiger partial charge in [0.15, 0.2) is 0 Å². The molecule has 5 aromatic rings. The SMILES string of the molecule is COc1ccc(-c2ccc(Cn3cnc4ccccc43)cc2)cc1-n1ccnc1. The van der Waals surface area contributed by atoms with Gasteiger partial charge in [-0.2, -0.15) is 0 Å². The van der Waals surface area contributed by atoms with Gasteiger partial charge >= 0.3 is 0 Å². The van der Waals surface area contributed by atoms with E-state index in [1.54, 1.807) is 19.6 Å². The molecule has 142 valence electrons. The van der Waals surface area contributed by atoms with Crippen molar-refractivity contribution >= 4 is 11.0 Å². The van der Waals surface area contributed by atoms with E-state index >= 15 is 0 Å². The zero-order valence-electron chi connectivity index (χ0n) is 16.1. The zero-order valence-corrected chi connectivity index (χ0v) is 16.1. The highest BCUT2D eigenvalue weighted by atomic mass is 16.5. The first-order chi connectivity index (χ1) is 14.3. The lowest BCUT2D eigenvalue weighted by atomic mass is 10.0. The summed E-state index contributed by atoms with van der Waals surface area (Å²) in [5, 5.41) is 0. The Morgan fingerprint density at radius 3 is 2.52 bits per heavy atom. The zero-order chi connectivity index (χ0) is 19.6. The average molecular weight is 380 g/mol. The van der Waals surface area contributed by atoms with Gasteiger partial charge in [0.2, 0.25) is 0 Å². The van der Waals surface area contributed by atoms with E-state index in [-0.39, 0.29) is 0 Å². The molecule has 0 fully saturated rings. The fraction of sp³-hybridized carbons (Fsp3) is 0.0833. The fourth-order valence-electron chi connectivity index (χ4n) is 3.61. The lowest BCUT2D eigenvalue weighted by Gasteiger charge is -2.12. The van der Waals surface area contributed by atoms with Gasteiger partial charge in [0.1, 0.15) is 5.75 Å². The Bertz CT molecular complexity index is 1250. The number of ether oxygens (including phenoxy) is 1. The third-order valence-electron chi connectivity index (χ3n) is 5.13. The van der Waals surface area contributed by atoms with Crippen LogP contribution >= 0.6 is 0 Å². The summed E-state index contributed by atoms with van der Waals surface area (Å²) in [5.74, 6) is 0.815. The highest BCUT2D eigenvalue weighted by molar-refractivity contribution is 5.75. The first-order valence-electron chi connectivity index (χ1n) is 9.47. The van der Waals surface area contributed by atoms with Crippen molar-refractivity contribution < 1.29 is 4.74 Å². The minimum absolute atomic E-state index is 0.795. The second kappa shape index (κ2) is 7.28. The molecule has 5 heteroatoms. The van der Waals surface area contributed by atoms with E-state index in [2.05, 4.69) is 57.0 Å². The maximum absolute atomic E-state index is 5.52. The van der Waals surface area contributed by atoms with Crippen LogP contribution < -0.4 is 4.74 Å². The van der Waals surface area contributed by atoms with Gasteiger partial charge in [-0.3, -0.25) is 0 Å². The summed E-state index contributed by atoms with van der Waals surface area (Å²) in [6.45, 7) is 0.795. The summed E-state index contributed by atoms with van der Waals surface area (Å²) in [6, 6.07) is 23.1. The standard InChI is InChI=1S/C24H20N4O/c1-29-24-11-10-20(14-23(24)27-13-12-25-16-27)19-8-6-18(7-9-19)15-28-17-26-21-4-2-3-5-22(21)28/h2-14,16-17H,15H2,1H3.